The smallest absolute Gasteiger partial charge is 0.288 e. The third-order valence-electron chi connectivity index (χ3n) is 3.60. The van der Waals surface area contributed by atoms with Gasteiger partial charge >= 0.3 is 0 Å². The molecule has 1 aromatic heterocycles. The van der Waals surface area contributed by atoms with Gasteiger partial charge in [0.2, 0.25) is 5.89 Å². The van der Waals surface area contributed by atoms with E-state index in [1.54, 1.807) is 10.7 Å². The van der Waals surface area contributed by atoms with Crippen LogP contribution in [0.15, 0.2) is 28.7 Å². The van der Waals surface area contributed by atoms with Gasteiger partial charge in [0.1, 0.15) is 0 Å². The summed E-state index contributed by atoms with van der Waals surface area (Å²) in [7, 11) is 0. The summed E-state index contributed by atoms with van der Waals surface area (Å²) < 4.78 is 7.21. The fourth-order valence-electron chi connectivity index (χ4n) is 2.39. The number of likely N-dealkylation sites (tertiary alicyclic amines) is 1. The molecule has 1 fully saturated rings. The molecule has 1 saturated heterocycles. The van der Waals surface area contributed by atoms with Crippen LogP contribution in [0.4, 0.5) is 0 Å². The molecule has 0 spiro atoms. The van der Waals surface area contributed by atoms with Crippen LogP contribution in [0, 0.1) is 4.84 Å². The minimum absolute atomic E-state index is 0.190. The highest BCUT2D eigenvalue weighted by atomic mass is 35.5. The Labute approximate surface area is 132 Å². The number of benzene rings is 1. The van der Waals surface area contributed by atoms with Crippen molar-refractivity contribution in [2.45, 2.75) is 25.6 Å². The highest BCUT2D eigenvalue weighted by Crippen LogP contribution is 2.26. The fourth-order valence-corrected chi connectivity index (χ4v) is 2.78. The summed E-state index contributed by atoms with van der Waals surface area (Å²) in [4.78, 5) is 2.53. The Balaban J connectivity index is 1.79. The van der Waals surface area contributed by atoms with Crippen molar-refractivity contribution in [3.63, 3.8) is 0 Å². The molecule has 7 heteroatoms. The number of aliphatic hydroxyl groups is 1. The maximum atomic E-state index is 9.53. The zero-order valence-corrected chi connectivity index (χ0v) is 13.0. The molecule has 5 nitrogen and oxygen atoms in total. The van der Waals surface area contributed by atoms with Crippen LogP contribution < -0.4 is 0 Å². The molecule has 0 unspecified atom stereocenters. The highest BCUT2D eigenvalue weighted by molar-refractivity contribution is 7.71. The van der Waals surface area contributed by atoms with Gasteiger partial charge in [-0.05, 0) is 37.2 Å². The van der Waals surface area contributed by atoms with Crippen LogP contribution in [0.1, 0.15) is 12.8 Å². The first kappa shape index (κ1) is 14.7. The summed E-state index contributed by atoms with van der Waals surface area (Å²) >= 11 is 11.4. The monoisotopic (exact) mass is 325 g/mol. The second kappa shape index (κ2) is 6.27. The summed E-state index contributed by atoms with van der Waals surface area (Å²) in [5.41, 5.74) is 0.734. The molecule has 0 aliphatic carbocycles. The molecule has 1 aliphatic rings. The molecule has 0 atom stereocenters. The van der Waals surface area contributed by atoms with Crippen LogP contribution in [-0.4, -0.2) is 39.0 Å². The van der Waals surface area contributed by atoms with Gasteiger partial charge in [0.15, 0.2) is 0 Å². The number of piperidine rings is 1. The molecule has 112 valence electrons. The Kier molecular flexibility index (Phi) is 4.40. The summed E-state index contributed by atoms with van der Waals surface area (Å²) in [6.45, 7) is 2.23. The molecule has 1 N–H and O–H groups in total. The van der Waals surface area contributed by atoms with E-state index >= 15 is 0 Å². The third kappa shape index (κ3) is 3.35. The first-order chi connectivity index (χ1) is 10.1. The lowest BCUT2D eigenvalue weighted by Gasteiger charge is -2.28. The van der Waals surface area contributed by atoms with E-state index in [0.29, 0.717) is 22.4 Å². The number of halogens is 1. The number of hydrogen-bond acceptors (Lipinski definition) is 5. The van der Waals surface area contributed by atoms with Crippen LogP contribution >= 0.6 is 23.8 Å². The molecular formula is C14H16ClN3O2S. The molecule has 0 saturated carbocycles. The number of aliphatic hydroxyl groups excluding tert-OH is 1. The van der Waals surface area contributed by atoms with Crippen LogP contribution in [0.2, 0.25) is 5.02 Å². The predicted molar refractivity (Wildman–Crippen MR) is 82.6 cm³/mol. The van der Waals surface area contributed by atoms with Crippen molar-refractivity contribution >= 4 is 23.8 Å². The Morgan fingerprint density at radius 1 is 1.33 bits per heavy atom. The van der Waals surface area contributed by atoms with E-state index in [4.69, 9.17) is 28.2 Å². The Morgan fingerprint density at radius 2 is 2.05 bits per heavy atom. The van der Waals surface area contributed by atoms with Gasteiger partial charge in [-0.3, -0.25) is 4.90 Å². The van der Waals surface area contributed by atoms with Crippen molar-refractivity contribution in [1.82, 2.24) is 14.7 Å². The number of rotatable bonds is 3. The zero-order valence-electron chi connectivity index (χ0n) is 11.4. The minimum atomic E-state index is -0.190. The minimum Gasteiger partial charge on any atom is -0.409 e. The van der Waals surface area contributed by atoms with Gasteiger partial charge in [0, 0.05) is 13.1 Å². The van der Waals surface area contributed by atoms with E-state index in [1.165, 1.54) is 0 Å². The van der Waals surface area contributed by atoms with Crippen molar-refractivity contribution < 1.29 is 9.52 Å². The second-order valence-corrected chi connectivity index (χ2v) is 5.90. The Morgan fingerprint density at radius 3 is 2.76 bits per heavy atom. The van der Waals surface area contributed by atoms with Crippen molar-refractivity contribution in [3.8, 4) is 11.5 Å². The average Bonchev–Trinajstić information content (AvgIpc) is 2.83. The molecule has 2 aromatic rings. The Bertz CT molecular complexity index is 677. The van der Waals surface area contributed by atoms with Crippen molar-refractivity contribution in [3.05, 3.63) is 34.1 Å². The first-order valence-corrected chi connectivity index (χ1v) is 7.65. The number of nitrogens with zero attached hydrogens (tertiary/aromatic N) is 3. The van der Waals surface area contributed by atoms with E-state index < -0.39 is 0 Å². The predicted octanol–water partition coefficient (Wildman–Crippen LogP) is 2.94. The summed E-state index contributed by atoms with van der Waals surface area (Å²) in [6.07, 6.45) is 1.37. The number of aromatic nitrogens is 2. The van der Waals surface area contributed by atoms with Gasteiger partial charge in [-0.25, -0.2) is 4.68 Å². The topological polar surface area (TPSA) is 54.4 Å². The standard InChI is InChI=1S/C14H16ClN3O2S/c15-12-4-2-1-3-11(12)13-16-18(14(21)20-13)9-17-7-5-10(19)6-8-17/h1-4,10,19H,5-9H2. The second-order valence-electron chi connectivity index (χ2n) is 5.14. The van der Waals surface area contributed by atoms with Crippen LogP contribution in [0.3, 0.4) is 0 Å². The van der Waals surface area contributed by atoms with Crippen LogP contribution in [0.25, 0.3) is 11.5 Å². The SMILES string of the molecule is OC1CCN(Cn2nc(-c3ccccc3Cl)oc2=S)CC1. The first-order valence-electron chi connectivity index (χ1n) is 6.87. The molecule has 3 rings (SSSR count). The fraction of sp³-hybridized carbons (Fsp3) is 0.429. The van der Waals surface area contributed by atoms with Gasteiger partial charge in [-0.15, -0.1) is 5.10 Å². The summed E-state index contributed by atoms with van der Waals surface area (Å²) in [6, 6.07) is 7.38. The lowest BCUT2D eigenvalue weighted by atomic mass is 10.1. The molecule has 0 radical (unpaired) electrons. The zero-order chi connectivity index (χ0) is 14.8. The Hall–Kier alpha value is -1.21. The molecule has 0 bridgehead atoms. The van der Waals surface area contributed by atoms with Crippen molar-refractivity contribution in [2.24, 2.45) is 0 Å². The maximum absolute atomic E-state index is 9.53. The van der Waals surface area contributed by atoms with Crippen molar-refractivity contribution in [1.29, 1.82) is 0 Å². The summed E-state index contributed by atoms with van der Waals surface area (Å²) in [5.74, 6) is 0.433. The van der Waals surface area contributed by atoms with Crippen LogP contribution in [0.5, 0.6) is 0 Å². The lowest BCUT2D eigenvalue weighted by Crippen LogP contribution is -2.37. The largest absolute Gasteiger partial charge is 0.409 e. The van der Waals surface area contributed by atoms with E-state index in [9.17, 15) is 5.11 Å². The average molecular weight is 326 g/mol. The molecule has 1 aliphatic heterocycles. The van der Waals surface area contributed by atoms with E-state index in [-0.39, 0.29) is 6.10 Å². The normalized spacial score (nSPS) is 17.2. The van der Waals surface area contributed by atoms with Crippen molar-refractivity contribution in [2.75, 3.05) is 13.1 Å². The molecule has 0 amide bonds. The molecule has 21 heavy (non-hydrogen) atoms. The molecular weight excluding hydrogens is 310 g/mol. The van der Waals surface area contributed by atoms with Gasteiger partial charge in [-0.1, -0.05) is 23.7 Å². The van der Waals surface area contributed by atoms with Gasteiger partial charge < -0.3 is 9.52 Å². The van der Waals surface area contributed by atoms with Crippen LogP contribution in [-0.2, 0) is 6.67 Å². The third-order valence-corrected chi connectivity index (χ3v) is 4.23. The van der Waals surface area contributed by atoms with Gasteiger partial charge in [0.05, 0.1) is 23.4 Å². The molecule has 2 heterocycles. The van der Waals surface area contributed by atoms with E-state index in [1.807, 2.05) is 18.2 Å². The number of hydrogen-bond donors (Lipinski definition) is 1. The van der Waals surface area contributed by atoms with E-state index in [2.05, 4.69) is 10.00 Å². The van der Waals surface area contributed by atoms with E-state index in [0.717, 1.165) is 31.5 Å². The highest BCUT2D eigenvalue weighted by Gasteiger charge is 2.19. The molecule has 1 aromatic carbocycles. The maximum Gasteiger partial charge on any atom is 0.288 e. The lowest BCUT2D eigenvalue weighted by molar-refractivity contribution is 0.0647. The van der Waals surface area contributed by atoms with Gasteiger partial charge in [0.25, 0.3) is 4.84 Å². The summed E-state index contributed by atoms with van der Waals surface area (Å²) in [5, 5.41) is 14.5. The van der Waals surface area contributed by atoms with Gasteiger partial charge in [-0.2, -0.15) is 0 Å². The quantitative estimate of drug-likeness (QED) is 0.879.